The van der Waals surface area contributed by atoms with Crippen LogP contribution >= 0.6 is 0 Å². The predicted molar refractivity (Wildman–Crippen MR) is 131 cm³/mol. The van der Waals surface area contributed by atoms with Gasteiger partial charge in [0, 0.05) is 24.3 Å². The lowest BCUT2D eigenvalue weighted by molar-refractivity contribution is 0.109. The van der Waals surface area contributed by atoms with Gasteiger partial charge in [0.15, 0.2) is 5.65 Å². The van der Waals surface area contributed by atoms with Gasteiger partial charge in [-0.15, -0.1) is 0 Å². The maximum atomic E-state index is 12.5. The summed E-state index contributed by atoms with van der Waals surface area (Å²) in [6, 6.07) is 7.07. The summed E-state index contributed by atoms with van der Waals surface area (Å²) in [6.07, 6.45) is 8.63. The maximum absolute atomic E-state index is 12.5. The highest BCUT2D eigenvalue weighted by Crippen LogP contribution is 2.35. The Morgan fingerprint density at radius 3 is 2.50 bits per heavy atom. The second kappa shape index (κ2) is 9.59. The van der Waals surface area contributed by atoms with Crippen LogP contribution in [0.5, 0.6) is 0 Å². The van der Waals surface area contributed by atoms with Crippen molar-refractivity contribution >= 4 is 27.0 Å². The molecule has 2 aromatic heterocycles. The predicted octanol–water partition coefficient (Wildman–Crippen LogP) is 3.62. The van der Waals surface area contributed by atoms with Crippen LogP contribution in [0.4, 0.5) is 5.95 Å². The zero-order chi connectivity index (χ0) is 23.7. The van der Waals surface area contributed by atoms with Gasteiger partial charge in [0.1, 0.15) is 5.69 Å². The fourth-order valence-corrected chi connectivity index (χ4v) is 5.74. The molecule has 3 aromatic rings. The van der Waals surface area contributed by atoms with Crippen molar-refractivity contribution in [2.75, 3.05) is 11.9 Å². The molecule has 9 nitrogen and oxygen atoms in total. The molecule has 2 aliphatic rings. The lowest BCUT2D eigenvalue weighted by Gasteiger charge is -2.25. The molecule has 0 radical (unpaired) electrons. The molecule has 2 fully saturated rings. The second-order valence-electron chi connectivity index (χ2n) is 9.39. The van der Waals surface area contributed by atoms with E-state index in [0.717, 1.165) is 80.2 Å². The minimum atomic E-state index is -3.50. The van der Waals surface area contributed by atoms with Crippen LogP contribution in [0.2, 0.25) is 0 Å². The zero-order valence-electron chi connectivity index (χ0n) is 19.4. The number of fused-ring (bicyclic) bond motifs is 1. The van der Waals surface area contributed by atoms with E-state index in [2.05, 4.69) is 21.9 Å². The van der Waals surface area contributed by atoms with E-state index >= 15 is 0 Å². The van der Waals surface area contributed by atoms with Gasteiger partial charge < -0.3 is 10.4 Å². The molecule has 5 rings (SSSR count). The Balaban J connectivity index is 1.50. The molecule has 0 saturated heterocycles. The smallest absolute Gasteiger partial charge is 0.240 e. The van der Waals surface area contributed by atoms with E-state index in [4.69, 9.17) is 10.1 Å². The highest BCUT2D eigenvalue weighted by molar-refractivity contribution is 7.89. The Morgan fingerprint density at radius 1 is 1.09 bits per heavy atom. The standard InChI is InChI=1S/C24H32N6O3S/c1-2-3-14-25-24-26-15-21-22(28-30(23(21)27-24)18-8-10-19(31)11-9-18)16-4-12-20(13-5-16)34(32,33)29-17-6-7-17/h4-5,12-13,15,17-19,29,31H,2-3,6-11,14H2,1H3,(H,25,26,27). The molecular weight excluding hydrogens is 452 g/mol. The Bertz CT molecular complexity index is 1250. The highest BCUT2D eigenvalue weighted by Gasteiger charge is 2.28. The van der Waals surface area contributed by atoms with Crippen molar-refractivity contribution in [2.24, 2.45) is 0 Å². The number of anilines is 1. The molecule has 0 bridgehead atoms. The number of benzene rings is 1. The van der Waals surface area contributed by atoms with Crippen molar-refractivity contribution < 1.29 is 13.5 Å². The van der Waals surface area contributed by atoms with Gasteiger partial charge in [-0.25, -0.2) is 22.8 Å². The first-order valence-corrected chi connectivity index (χ1v) is 13.7. The summed E-state index contributed by atoms with van der Waals surface area (Å²) in [6.45, 7) is 2.95. The lowest BCUT2D eigenvalue weighted by Crippen LogP contribution is -2.25. The molecule has 182 valence electrons. The molecule has 3 N–H and O–H groups in total. The van der Waals surface area contributed by atoms with Gasteiger partial charge in [-0.05, 0) is 57.1 Å². The Hall–Kier alpha value is -2.56. The van der Waals surface area contributed by atoms with Crippen molar-refractivity contribution in [2.45, 2.75) is 81.4 Å². The first-order chi connectivity index (χ1) is 16.4. The van der Waals surface area contributed by atoms with E-state index in [1.165, 1.54) is 0 Å². The Labute approximate surface area is 200 Å². The zero-order valence-corrected chi connectivity index (χ0v) is 20.3. The van der Waals surface area contributed by atoms with Crippen LogP contribution < -0.4 is 10.0 Å². The summed E-state index contributed by atoms with van der Waals surface area (Å²) in [5.41, 5.74) is 2.32. The average Bonchev–Trinajstić information content (AvgIpc) is 3.56. The van der Waals surface area contributed by atoms with E-state index in [0.29, 0.717) is 5.95 Å². The Morgan fingerprint density at radius 2 is 1.82 bits per heavy atom. The number of unbranched alkanes of at least 4 members (excludes halogenated alkanes) is 1. The van der Waals surface area contributed by atoms with Crippen LogP contribution in [0.1, 0.15) is 64.3 Å². The quantitative estimate of drug-likeness (QED) is 0.397. The van der Waals surface area contributed by atoms with Crippen molar-refractivity contribution in [3.63, 3.8) is 0 Å². The van der Waals surface area contributed by atoms with Crippen molar-refractivity contribution in [1.29, 1.82) is 0 Å². The molecule has 0 atom stereocenters. The number of aliphatic hydroxyl groups is 1. The van der Waals surface area contributed by atoms with E-state index < -0.39 is 10.0 Å². The number of aromatic nitrogens is 4. The summed E-state index contributed by atoms with van der Waals surface area (Å²) in [7, 11) is -3.50. The second-order valence-corrected chi connectivity index (χ2v) is 11.1. The van der Waals surface area contributed by atoms with Gasteiger partial charge in [0.05, 0.1) is 22.4 Å². The van der Waals surface area contributed by atoms with E-state index in [1.807, 2.05) is 4.68 Å². The summed E-state index contributed by atoms with van der Waals surface area (Å²) < 4.78 is 29.8. The highest BCUT2D eigenvalue weighted by atomic mass is 32.2. The minimum absolute atomic E-state index is 0.0654. The number of nitrogens with zero attached hydrogens (tertiary/aromatic N) is 4. The molecule has 2 saturated carbocycles. The molecule has 0 spiro atoms. The number of aliphatic hydroxyl groups excluding tert-OH is 1. The number of hydrogen-bond acceptors (Lipinski definition) is 7. The summed E-state index contributed by atoms with van der Waals surface area (Å²) in [5, 5.41) is 19.0. The monoisotopic (exact) mass is 484 g/mol. The lowest BCUT2D eigenvalue weighted by atomic mass is 9.93. The third kappa shape index (κ3) is 4.94. The SMILES string of the molecule is CCCCNc1ncc2c(-c3ccc(S(=O)(=O)NC4CC4)cc3)nn(C3CCC(O)CC3)c2n1. The first kappa shape index (κ1) is 23.2. The van der Waals surface area contributed by atoms with Gasteiger partial charge in [-0.3, -0.25) is 0 Å². The number of sulfonamides is 1. The van der Waals surface area contributed by atoms with Crippen LogP contribution in [-0.2, 0) is 10.0 Å². The number of rotatable bonds is 9. The van der Waals surface area contributed by atoms with Crippen LogP contribution in [0.25, 0.3) is 22.3 Å². The Kier molecular flexibility index (Phi) is 6.54. The van der Waals surface area contributed by atoms with E-state index in [-0.39, 0.29) is 23.1 Å². The summed E-state index contributed by atoms with van der Waals surface area (Å²) >= 11 is 0. The first-order valence-electron chi connectivity index (χ1n) is 12.2. The fourth-order valence-electron chi connectivity index (χ4n) is 4.44. The summed E-state index contributed by atoms with van der Waals surface area (Å²) in [5.74, 6) is 0.581. The molecule has 0 unspecified atom stereocenters. The molecule has 0 amide bonds. The van der Waals surface area contributed by atoms with Crippen molar-refractivity contribution in [1.82, 2.24) is 24.5 Å². The molecule has 2 heterocycles. The third-order valence-corrected chi connectivity index (χ3v) is 8.15. The number of nitrogens with one attached hydrogen (secondary N) is 2. The molecule has 1 aromatic carbocycles. The largest absolute Gasteiger partial charge is 0.393 e. The van der Waals surface area contributed by atoms with Gasteiger partial charge in [0.25, 0.3) is 0 Å². The number of hydrogen-bond donors (Lipinski definition) is 3. The fraction of sp³-hybridized carbons (Fsp3) is 0.542. The summed E-state index contributed by atoms with van der Waals surface area (Å²) in [4.78, 5) is 9.56. The van der Waals surface area contributed by atoms with E-state index in [9.17, 15) is 13.5 Å². The van der Waals surface area contributed by atoms with E-state index in [1.54, 1.807) is 30.5 Å². The molecule has 0 aliphatic heterocycles. The minimum Gasteiger partial charge on any atom is -0.393 e. The molecule has 10 heteroatoms. The van der Waals surface area contributed by atoms with Crippen LogP contribution in [0.3, 0.4) is 0 Å². The molecule has 2 aliphatic carbocycles. The van der Waals surface area contributed by atoms with Crippen LogP contribution in [0.15, 0.2) is 35.4 Å². The topological polar surface area (TPSA) is 122 Å². The van der Waals surface area contributed by atoms with Crippen LogP contribution in [-0.4, -0.2) is 52.0 Å². The maximum Gasteiger partial charge on any atom is 0.240 e. The van der Waals surface area contributed by atoms with Crippen LogP contribution in [0, 0.1) is 0 Å². The van der Waals surface area contributed by atoms with Gasteiger partial charge in [-0.1, -0.05) is 25.5 Å². The van der Waals surface area contributed by atoms with Crippen molar-refractivity contribution in [3.05, 3.63) is 30.5 Å². The third-order valence-electron chi connectivity index (χ3n) is 6.61. The average molecular weight is 485 g/mol. The van der Waals surface area contributed by atoms with Gasteiger partial charge >= 0.3 is 0 Å². The normalized spacial score (nSPS) is 21.1. The van der Waals surface area contributed by atoms with Gasteiger partial charge in [0.2, 0.25) is 16.0 Å². The molecule has 34 heavy (non-hydrogen) atoms. The van der Waals surface area contributed by atoms with Crippen molar-refractivity contribution in [3.8, 4) is 11.3 Å². The van der Waals surface area contributed by atoms with Gasteiger partial charge in [-0.2, -0.15) is 10.1 Å². The molecular formula is C24H32N6O3S.